The summed E-state index contributed by atoms with van der Waals surface area (Å²) in [6.07, 6.45) is -3.06. The molecule has 3 rings (SSSR count). The SMILES string of the molecule is CCOC(=O)C1=C(O)C(=Cc2ccc(C(F)(F)F)cc2)SC1=Nc1ccc([N+](=O)[O-])cc1. The van der Waals surface area contributed by atoms with Gasteiger partial charge >= 0.3 is 12.1 Å². The lowest BCUT2D eigenvalue weighted by molar-refractivity contribution is -0.384. The molecule has 166 valence electrons. The highest BCUT2D eigenvalue weighted by atomic mass is 32.2. The van der Waals surface area contributed by atoms with E-state index < -0.39 is 28.4 Å². The number of carbonyl (C=O) groups excluding carboxylic acids is 1. The Morgan fingerprint density at radius 1 is 1.19 bits per heavy atom. The minimum Gasteiger partial charge on any atom is -0.506 e. The van der Waals surface area contributed by atoms with Gasteiger partial charge in [0.15, 0.2) is 0 Å². The number of esters is 1. The normalized spacial score (nSPS) is 16.6. The minimum atomic E-state index is -4.47. The van der Waals surface area contributed by atoms with Crippen LogP contribution < -0.4 is 0 Å². The van der Waals surface area contributed by atoms with Crippen LogP contribution in [-0.2, 0) is 15.7 Å². The largest absolute Gasteiger partial charge is 0.506 e. The van der Waals surface area contributed by atoms with Crippen molar-refractivity contribution >= 4 is 40.2 Å². The van der Waals surface area contributed by atoms with Crippen LogP contribution in [-0.4, -0.2) is 27.6 Å². The van der Waals surface area contributed by atoms with E-state index >= 15 is 0 Å². The molecule has 7 nitrogen and oxygen atoms in total. The maximum Gasteiger partial charge on any atom is 0.416 e. The number of nitro benzene ring substituents is 1. The summed E-state index contributed by atoms with van der Waals surface area (Å²) < 4.78 is 43.2. The number of carbonyl (C=O) groups is 1. The third-order valence-corrected chi connectivity index (χ3v) is 5.22. The number of nitro groups is 1. The molecule has 1 N–H and O–H groups in total. The molecule has 0 saturated heterocycles. The third kappa shape index (κ3) is 5.17. The summed E-state index contributed by atoms with van der Waals surface area (Å²) in [5.41, 5.74) is -0.491. The molecule has 0 aliphatic carbocycles. The molecule has 2 aromatic rings. The zero-order chi connectivity index (χ0) is 23.5. The van der Waals surface area contributed by atoms with Crippen molar-refractivity contribution in [3.05, 3.63) is 86.0 Å². The van der Waals surface area contributed by atoms with Gasteiger partial charge in [-0.1, -0.05) is 23.9 Å². The van der Waals surface area contributed by atoms with Gasteiger partial charge < -0.3 is 9.84 Å². The minimum absolute atomic E-state index is 0.0447. The van der Waals surface area contributed by atoms with Crippen molar-refractivity contribution in [1.82, 2.24) is 0 Å². The third-order valence-electron chi connectivity index (χ3n) is 4.20. The molecule has 0 fully saturated rings. The summed E-state index contributed by atoms with van der Waals surface area (Å²) in [4.78, 5) is 27.1. The van der Waals surface area contributed by atoms with E-state index in [0.29, 0.717) is 11.3 Å². The molecule has 0 spiro atoms. The quantitative estimate of drug-likeness (QED) is 0.341. The van der Waals surface area contributed by atoms with E-state index in [0.717, 1.165) is 23.9 Å². The predicted molar refractivity (Wildman–Crippen MR) is 113 cm³/mol. The van der Waals surface area contributed by atoms with Gasteiger partial charge in [-0.2, -0.15) is 13.2 Å². The Balaban J connectivity index is 1.98. The Labute approximate surface area is 184 Å². The monoisotopic (exact) mass is 464 g/mol. The molecule has 0 unspecified atom stereocenters. The Bertz CT molecular complexity index is 1140. The van der Waals surface area contributed by atoms with E-state index in [1.165, 1.54) is 42.5 Å². The summed E-state index contributed by atoms with van der Waals surface area (Å²) in [6.45, 7) is 1.63. The van der Waals surface area contributed by atoms with Crippen LogP contribution in [0.1, 0.15) is 18.1 Å². The molecule has 0 bridgehead atoms. The fourth-order valence-corrected chi connectivity index (χ4v) is 3.71. The summed E-state index contributed by atoms with van der Waals surface area (Å²) >= 11 is 0.921. The molecule has 1 heterocycles. The molecule has 0 amide bonds. The van der Waals surface area contributed by atoms with E-state index in [2.05, 4.69) is 4.99 Å². The molecule has 0 atom stereocenters. The van der Waals surface area contributed by atoms with Gasteiger partial charge in [0.05, 0.1) is 27.7 Å². The number of rotatable bonds is 5. The van der Waals surface area contributed by atoms with Crippen molar-refractivity contribution < 1.29 is 32.7 Å². The Kier molecular flexibility index (Phi) is 6.68. The van der Waals surface area contributed by atoms with E-state index in [4.69, 9.17) is 4.74 Å². The average Bonchev–Trinajstić information content (AvgIpc) is 3.03. The molecule has 0 radical (unpaired) electrons. The highest BCUT2D eigenvalue weighted by molar-refractivity contribution is 8.18. The number of non-ortho nitro benzene ring substituents is 1. The smallest absolute Gasteiger partial charge is 0.416 e. The number of aliphatic imine (C=N–C) groups is 1. The fourth-order valence-electron chi connectivity index (χ4n) is 2.68. The number of hydrogen-bond donors (Lipinski definition) is 1. The maximum absolute atomic E-state index is 12.8. The first kappa shape index (κ1) is 23.1. The second-order valence-electron chi connectivity index (χ2n) is 6.36. The molecule has 0 saturated carbocycles. The second-order valence-corrected chi connectivity index (χ2v) is 7.40. The van der Waals surface area contributed by atoms with Gasteiger partial charge in [-0.15, -0.1) is 0 Å². The lowest BCUT2D eigenvalue weighted by Gasteiger charge is -2.06. The lowest BCUT2D eigenvalue weighted by Crippen LogP contribution is -2.12. The van der Waals surface area contributed by atoms with Crippen molar-refractivity contribution in [3.8, 4) is 0 Å². The number of thioether (sulfide) groups is 1. The van der Waals surface area contributed by atoms with Crippen LogP contribution in [0.5, 0.6) is 0 Å². The van der Waals surface area contributed by atoms with Crippen LogP contribution in [0.3, 0.4) is 0 Å². The number of nitrogens with zero attached hydrogens (tertiary/aromatic N) is 2. The van der Waals surface area contributed by atoms with Crippen LogP contribution in [0, 0.1) is 10.1 Å². The van der Waals surface area contributed by atoms with Crippen molar-refractivity contribution in [2.45, 2.75) is 13.1 Å². The van der Waals surface area contributed by atoms with Gasteiger partial charge in [-0.25, -0.2) is 9.79 Å². The van der Waals surface area contributed by atoms with Crippen molar-refractivity contribution in [3.63, 3.8) is 0 Å². The lowest BCUT2D eigenvalue weighted by atomic mass is 10.1. The molecule has 1 aliphatic rings. The van der Waals surface area contributed by atoms with Gasteiger partial charge in [-0.05, 0) is 42.8 Å². The Hall–Kier alpha value is -3.60. The first-order valence-electron chi connectivity index (χ1n) is 9.11. The number of aliphatic hydroxyl groups is 1. The zero-order valence-corrected chi connectivity index (χ0v) is 17.2. The van der Waals surface area contributed by atoms with Crippen molar-refractivity contribution in [1.29, 1.82) is 0 Å². The van der Waals surface area contributed by atoms with Gasteiger partial charge in [0, 0.05) is 12.1 Å². The molecule has 32 heavy (non-hydrogen) atoms. The first-order valence-corrected chi connectivity index (χ1v) is 9.93. The molecule has 2 aromatic carbocycles. The number of aliphatic hydroxyl groups excluding tert-OH is 1. The Morgan fingerprint density at radius 3 is 2.34 bits per heavy atom. The first-order chi connectivity index (χ1) is 15.1. The zero-order valence-electron chi connectivity index (χ0n) is 16.4. The Morgan fingerprint density at radius 2 is 1.81 bits per heavy atom. The highest BCUT2D eigenvalue weighted by Crippen LogP contribution is 2.40. The van der Waals surface area contributed by atoms with Crippen LogP contribution >= 0.6 is 11.8 Å². The standard InChI is InChI=1S/C21H15F3N2O5S/c1-2-31-20(28)17-18(27)16(11-12-3-5-13(6-4-12)21(22,23)24)32-19(17)25-14-7-9-15(10-8-14)26(29)30/h3-11,27H,2H2,1H3. The molecule has 11 heteroatoms. The molecular weight excluding hydrogens is 449 g/mol. The molecule has 0 aromatic heterocycles. The summed E-state index contributed by atoms with van der Waals surface area (Å²) in [5, 5.41) is 21.5. The number of hydrogen-bond acceptors (Lipinski definition) is 7. The second kappa shape index (κ2) is 9.27. The maximum atomic E-state index is 12.8. The van der Waals surface area contributed by atoms with Crippen molar-refractivity contribution in [2.75, 3.05) is 6.61 Å². The average molecular weight is 464 g/mol. The van der Waals surface area contributed by atoms with Crippen LogP contribution in [0.4, 0.5) is 24.5 Å². The van der Waals surface area contributed by atoms with Gasteiger partial charge in [0.1, 0.15) is 16.4 Å². The van der Waals surface area contributed by atoms with Gasteiger partial charge in [0.25, 0.3) is 5.69 Å². The predicted octanol–water partition coefficient (Wildman–Crippen LogP) is 5.81. The van der Waals surface area contributed by atoms with E-state index in [1.54, 1.807) is 6.92 Å². The van der Waals surface area contributed by atoms with Crippen LogP contribution in [0.15, 0.2) is 69.8 Å². The molecule has 1 aliphatic heterocycles. The highest BCUT2D eigenvalue weighted by Gasteiger charge is 2.33. The van der Waals surface area contributed by atoms with Crippen LogP contribution in [0.2, 0.25) is 0 Å². The summed E-state index contributed by atoms with van der Waals surface area (Å²) in [6, 6.07) is 9.53. The topological polar surface area (TPSA) is 102 Å². The van der Waals surface area contributed by atoms with E-state index in [-0.39, 0.29) is 27.8 Å². The van der Waals surface area contributed by atoms with E-state index in [1.807, 2.05) is 0 Å². The van der Waals surface area contributed by atoms with E-state index in [9.17, 15) is 33.2 Å². The van der Waals surface area contributed by atoms with Gasteiger partial charge in [0.2, 0.25) is 0 Å². The fraction of sp³-hybridized carbons (Fsp3) is 0.143. The number of halogens is 3. The van der Waals surface area contributed by atoms with Crippen LogP contribution in [0.25, 0.3) is 6.08 Å². The number of benzene rings is 2. The molecular formula is C21H15F3N2O5S. The number of ether oxygens (including phenoxy) is 1. The summed E-state index contributed by atoms with van der Waals surface area (Å²) in [5.74, 6) is -1.25. The summed E-state index contributed by atoms with van der Waals surface area (Å²) in [7, 11) is 0. The van der Waals surface area contributed by atoms with Gasteiger partial charge in [-0.3, -0.25) is 10.1 Å². The van der Waals surface area contributed by atoms with Crippen molar-refractivity contribution in [2.24, 2.45) is 4.99 Å². The number of alkyl halides is 3.